The number of ether oxygens (including phenoxy) is 12. The molecule has 10 aliphatic rings. The molecule has 24 heteroatoms. The summed E-state index contributed by atoms with van der Waals surface area (Å²) < 4.78 is 106. The molecule has 2 saturated carbocycles. The predicted octanol–water partition coefficient (Wildman–Crippen LogP) is 26.2. The summed E-state index contributed by atoms with van der Waals surface area (Å²) in [5, 5.41) is 72.0. The normalized spacial score (nSPS) is 21.2. The van der Waals surface area contributed by atoms with Crippen molar-refractivity contribution in [3.63, 3.8) is 0 Å². The Bertz CT molecular complexity index is 10300. The lowest BCUT2D eigenvalue weighted by Gasteiger charge is -2.36. The van der Waals surface area contributed by atoms with Crippen LogP contribution in [0, 0.1) is 10.8 Å². The van der Waals surface area contributed by atoms with Gasteiger partial charge in [-0.05, 0) is 429 Å². The zero-order valence-electron chi connectivity index (χ0n) is 87.1. The number of rotatable bonds is 44. The van der Waals surface area contributed by atoms with Crippen LogP contribution in [0.2, 0.25) is 72.5 Å². The van der Waals surface area contributed by atoms with Crippen molar-refractivity contribution in [2.75, 3.05) is 159 Å². The van der Waals surface area contributed by atoms with Gasteiger partial charge < -0.3 is 74.5 Å². The number of carbonyl (C=O) groups excluding carboxylic acids is 4. The van der Waals surface area contributed by atoms with Crippen LogP contribution >= 0.6 is 0 Å². The van der Waals surface area contributed by atoms with Crippen molar-refractivity contribution in [3.8, 4) is 0 Å². The molecule has 0 bridgehead atoms. The maximum atomic E-state index is 18.5. The van der Waals surface area contributed by atoms with Gasteiger partial charge in [-0.3, -0.25) is 19.2 Å². The number of hydrogen-bond donors (Lipinski definition) is 0. The molecule has 10 aliphatic carbocycles. The van der Waals surface area contributed by atoms with E-state index in [2.05, 4.69) is 135 Å². The van der Waals surface area contributed by atoms with Crippen molar-refractivity contribution in [1.82, 2.24) is 0 Å². The van der Waals surface area contributed by atoms with E-state index in [1.54, 1.807) is 0 Å². The van der Waals surface area contributed by atoms with Crippen molar-refractivity contribution in [1.29, 1.82) is 0 Å². The van der Waals surface area contributed by atoms with E-state index in [1.165, 1.54) is 312 Å². The molecule has 148 heavy (non-hydrogen) atoms. The fourth-order valence-corrected chi connectivity index (χ4v) is 40.7. The average molecular weight is 2030 g/mol. The van der Waals surface area contributed by atoms with Gasteiger partial charge >= 0.3 is 23.9 Å². The van der Waals surface area contributed by atoms with Crippen molar-refractivity contribution in [3.05, 3.63) is 44.5 Å². The Kier molecular flexibility index (Phi) is 13.7. The molecule has 2 fully saturated rings. The van der Waals surface area contributed by atoms with Crippen molar-refractivity contribution in [2.24, 2.45) is 10.8 Å². The largest absolute Gasteiger partial charge is 0.462 e. The fourth-order valence-electron chi connectivity index (χ4n) is 36.5. The molecule has 0 aliphatic heterocycles. The maximum absolute atomic E-state index is 18.5. The highest BCUT2D eigenvalue weighted by Gasteiger charge is 3.04. The summed E-state index contributed by atoms with van der Waals surface area (Å²) in [6.07, 6.45) is 0. The average Bonchev–Trinajstić information content (AvgIpc) is 1.34. The molecule has 0 aromatic heterocycles. The van der Waals surface area contributed by atoms with Crippen molar-refractivity contribution in [2.45, 2.75) is 177 Å². The van der Waals surface area contributed by atoms with Gasteiger partial charge in [0.15, 0.2) is 44.1 Å². The molecule has 0 saturated heterocycles. The Morgan fingerprint density at radius 2 is 0.250 bits per heavy atom. The molecule has 29 aromatic carbocycles. The highest BCUT2D eigenvalue weighted by atomic mass is 28.4. The number of benzene rings is 21. The van der Waals surface area contributed by atoms with E-state index in [4.69, 9.17) is 74.5 Å². The summed E-state index contributed by atoms with van der Waals surface area (Å²) in [6.45, 7) is 51.0. The zero-order valence-corrected chi connectivity index (χ0v) is 91.1. The standard InChI is InChI=1S/C124H108O20Si4/c1-115(2,3)145(13,14)141-41-33-133-25-21-129-29-37-137-111(125)123(112(126)138-38-30-130-22-26-134-34-42-142-146(15,16)116(4,5)6)119-103-87-71-51-49-47-46-45-48-50-52-54-55-57-66-76(54)92-88-72(52)60(48)80-62(46)82-64(49)74-56-53(51)75-65-58(56)78-68-69-83(65)99(107(119)91(75)87)101-85(69)67(77(57)93-89-73(55)63(50)81-61(45)79(59(47)71)95(103)97(81)105(89)121(119,123)109(93)101)70-84(66)100-102(86(68)70)110-94(78)90(74)106-98(82)96(80)104(88)120(108(92)100)122(106,110)124(120,113(127)139-39-31-131-23-27-135-35-43-143-147(17,18)117(7,8)9)114(128)140-40-32-132-24-28-136-36-44-144-148(19,20)118(10,11)12/h21-44H2,1-20H3. The molecule has 740 valence electrons. The molecule has 4 atom stereocenters. The second-order valence-corrected chi connectivity index (χ2v) is 72.4. The minimum atomic E-state index is -2.06. The molecule has 0 heterocycles. The van der Waals surface area contributed by atoms with E-state index in [0.29, 0.717) is 79.3 Å². The first-order valence-corrected chi connectivity index (χ1v) is 66.3. The third-order valence-electron chi connectivity index (χ3n) is 44.5. The van der Waals surface area contributed by atoms with Crippen molar-refractivity contribution < 1.29 is 93.7 Å². The first kappa shape index (κ1) is 84.3. The third kappa shape index (κ3) is 7.22. The molecule has 4 spiro atoms. The molecular weight excluding hydrogens is 1920 g/mol. The molecule has 0 N–H and O–H groups in total. The Balaban J connectivity index is 0.588. The van der Waals surface area contributed by atoms with Crippen LogP contribution < -0.4 is 0 Å². The van der Waals surface area contributed by atoms with Gasteiger partial charge in [0, 0.05) is 0 Å². The summed E-state index contributed by atoms with van der Waals surface area (Å²) in [5.74, 6) is -2.31. The number of hydrogen-bond acceptors (Lipinski definition) is 20. The number of carbonyl (C=O) groups is 4. The summed E-state index contributed by atoms with van der Waals surface area (Å²) >= 11 is 0. The van der Waals surface area contributed by atoms with Gasteiger partial charge in [-0.1, -0.05) is 83.1 Å². The highest BCUT2D eigenvalue weighted by molar-refractivity contribution is 6.82. The minimum Gasteiger partial charge on any atom is -0.462 e. The van der Waals surface area contributed by atoms with Gasteiger partial charge in [0.1, 0.15) is 26.4 Å². The van der Waals surface area contributed by atoms with Crippen LogP contribution in [0.5, 0.6) is 0 Å². The van der Waals surface area contributed by atoms with Crippen LogP contribution in [-0.4, -0.2) is 216 Å². The summed E-state index contributed by atoms with van der Waals surface area (Å²) in [6, 6.07) is 0. The number of esters is 4. The molecule has 0 amide bonds. The molecule has 29 aromatic rings. The molecule has 0 radical (unpaired) electrons. The third-order valence-corrected chi connectivity index (χ3v) is 62.7. The van der Waals surface area contributed by atoms with E-state index in [-0.39, 0.29) is 99.4 Å². The quantitative estimate of drug-likeness (QED) is 0.00660. The first-order valence-electron chi connectivity index (χ1n) is 54.6. The SMILES string of the molecule is CC(C)(C)[Si](C)(C)OCCOCCOCCOC(=O)C1(C(=O)OCCOCCOCCO[Si](C)(C)C(C)(C)C)C23c4c5c6c7c8c9c(c%10c%11c2c2c4c4c%12c5c5c6c6c8c8c%13c%14c%15c%16c%17c%18c%19c%20c%21c%22c%23c%24c(c%15c(c5c%24c%12c%23c5c%21c%12c(c2c2c%11c%11c%10c%10c9c8c8c%14c%17c9c%18c%14c%20c%12c2c%14c%11c9c%108)c45)c6%13)C%162C(C(=O)OCCOCCOCCO[Si](C)(C)C(C)(C)C)(C(=O)OCCOCCOCCO[Si](C)(C)C(C)(C)C)C%22%192)C713. The van der Waals surface area contributed by atoms with Gasteiger partial charge in [-0.25, -0.2) is 0 Å². The minimum absolute atomic E-state index is 0.0616. The Hall–Kier alpha value is -10.3. The zero-order chi connectivity index (χ0) is 99.7. The predicted molar refractivity (Wildman–Crippen MR) is 598 cm³/mol. The van der Waals surface area contributed by atoms with Crippen molar-refractivity contribution >= 4 is 370 Å². The summed E-state index contributed by atoms with van der Waals surface area (Å²) in [4.78, 5) is 74.0. The second kappa shape index (κ2) is 24.0. The maximum Gasteiger partial charge on any atom is 0.326 e. The summed E-state index contributed by atoms with van der Waals surface area (Å²) in [7, 11) is -8.04. The second-order valence-electron chi connectivity index (χ2n) is 53.1. The van der Waals surface area contributed by atoms with Gasteiger partial charge in [-0.2, -0.15) is 0 Å². The lowest BCUT2D eigenvalue weighted by molar-refractivity contribution is -0.170. The Morgan fingerprint density at radius 3 is 0.358 bits per heavy atom. The van der Waals surface area contributed by atoms with E-state index in [0.717, 1.165) is 44.5 Å². The van der Waals surface area contributed by atoms with E-state index in [1.807, 2.05) is 0 Å². The van der Waals surface area contributed by atoms with E-state index < -0.39 is 89.6 Å². The van der Waals surface area contributed by atoms with Crippen LogP contribution in [0.1, 0.15) is 128 Å². The fraction of sp³-hybridized carbons (Fsp3) is 0.435. The van der Waals surface area contributed by atoms with Crippen LogP contribution in [0.3, 0.4) is 0 Å². The topological polar surface area (TPSA) is 216 Å². The van der Waals surface area contributed by atoms with Crippen LogP contribution in [-0.2, 0) is 115 Å². The first-order chi connectivity index (χ1) is 71.0. The van der Waals surface area contributed by atoms with Crippen LogP contribution in [0.25, 0.3) is 312 Å². The molecule has 39 rings (SSSR count). The van der Waals surface area contributed by atoms with Crippen LogP contribution in [0.15, 0.2) is 0 Å². The smallest absolute Gasteiger partial charge is 0.326 e. The van der Waals surface area contributed by atoms with Crippen LogP contribution in [0.4, 0.5) is 0 Å². The van der Waals surface area contributed by atoms with Gasteiger partial charge in [0.2, 0.25) is 0 Å². The van der Waals surface area contributed by atoms with Gasteiger partial charge in [-0.15, -0.1) is 0 Å². The molecule has 4 unspecified atom stereocenters. The highest BCUT2D eigenvalue weighted by Crippen LogP contribution is 3.00. The Morgan fingerprint density at radius 1 is 0.155 bits per heavy atom. The Labute approximate surface area is 848 Å². The molecule has 20 nitrogen and oxygen atoms in total. The van der Waals surface area contributed by atoms with E-state index >= 15 is 19.2 Å². The van der Waals surface area contributed by atoms with Gasteiger partial charge in [0.25, 0.3) is 0 Å². The monoisotopic (exact) mass is 2030 g/mol. The van der Waals surface area contributed by atoms with Gasteiger partial charge in [0.05, 0.1) is 154 Å². The summed E-state index contributed by atoms with van der Waals surface area (Å²) in [5.41, 5.74) is -1.00. The lowest BCUT2D eigenvalue weighted by Crippen LogP contribution is -2.41. The lowest BCUT2D eigenvalue weighted by atomic mass is 9.67. The van der Waals surface area contributed by atoms with E-state index in [9.17, 15) is 0 Å². The molecular formula is C124H108O20Si4.